The van der Waals surface area contributed by atoms with E-state index in [-0.39, 0.29) is 6.17 Å². The molecule has 77 valence electrons. The molecule has 5 heteroatoms. The second-order valence-corrected chi connectivity index (χ2v) is 3.51. The molecular weight excluding hydrogens is 180 g/mol. The van der Waals surface area contributed by atoms with Crippen molar-refractivity contribution in [3.63, 3.8) is 0 Å². The Bertz CT molecular complexity index is 243. The van der Waals surface area contributed by atoms with Crippen molar-refractivity contribution in [3.05, 3.63) is 5.70 Å². The highest BCUT2D eigenvalue weighted by Gasteiger charge is 2.27. The molecular formula is C9H15N4O. The lowest BCUT2D eigenvalue weighted by atomic mass is 10.2. The van der Waals surface area contributed by atoms with Crippen LogP contribution >= 0.6 is 0 Å². The summed E-state index contributed by atoms with van der Waals surface area (Å²) in [5, 5.41) is 10.8. The van der Waals surface area contributed by atoms with Crippen molar-refractivity contribution in [2.45, 2.75) is 6.17 Å². The van der Waals surface area contributed by atoms with Gasteiger partial charge in [-0.2, -0.15) is 0 Å². The number of rotatable bonds is 1. The number of hydrogen-bond donors (Lipinski definition) is 2. The van der Waals surface area contributed by atoms with Gasteiger partial charge in [-0.25, -0.2) is 10.1 Å². The van der Waals surface area contributed by atoms with Crippen LogP contribution in [0.4, 0.5) is 0 Å². The molecule has 2 N–H and O–H groups in total. The summed E-state index contributed by atoms with van der Waals surface area (Å²) in [6.07, 6.45) is -0.0802. The van der Waals surface area contributed by atoms with E-state index in [0.29, 0.717) is 5.70 Å². The van der Waals surface area contributed by atoms with Crippen LogP contribution in [-0.2, 0) is 4.79 Å². The Kier molecular flexibility index (Phi) is 3.16. The van der Waals surface area contributed by atoms with Crippen LogP contribution in [0.1, 0.15) is 0 Å². The first-order valence-corrected chi connectivity index (χ1v) is 5.02. The Hall–Kier alpha value is -0.870. The highest BCUT2D eigenvalue weighted by molar-refractivity contribution is 5.53. The van der Waals surface area contributed by atoms with Gasteiger partial charge in [0.25, 0.3) is 0 Å². The molecule has 2 heterocycles. The Labute approximate surface area is 83.5 Å². The number of nitrogens with one attached hydrogen (secondary N) is 2. The SMILES string of the molecule is O=C=C1NCC[N]C1N1CCNCC1. The van der Waals surface area contributed by atoms with E-state index in [9.17, 15) is 4.79 Å². The van der Waals surface area contributed by atoms with Crippen LogP contribution in [0.25, 0.3) is 0 Å². The molecule has 2 aliphatic rings. The largest absolute Gasteiger partial charge is 0.376 e. The molecule has 1 atom stereocenters. The Morgan fingerprint density at radius 1 is 1.36 bits per heavy atom. The summed E-state index contributed by atoms with van der Waals surface area (Å²) in [4.78, 5) is 12.9. The molecule has 2 aliphatic heterocycles. The molecule has 0 aromatic heterocycles. The number of carbonyl (C=O) groups excluding carboxylic acids is 1. The van der Waals surface area contributed by atoms with Crippen LogP contribution in [0.3, 0.4) is 0 Å². The normalized spacial score (nSPS) is 29.4. The number of hydrogen-bond acceptors (Lipinski definition) is 4. The van der Waals surface area contributed by atoms with Gasteiger partial charge in [0.15, 0.2) is 0 Å². The van der Waals surface area contributed by atoms with Gasteiger partial charge in [0.2, 0.25) is 0 Å². The maximum Gasteiger partial charge on any atom is 0.148 e. The maximum absolute atomic E-state index is 10.7. The number of nitrogens with zero attached hydrogens (tertiary/aromatic N) is 2. The molecule has 0 amide bonds. The molecule has 1 radical (unpaired) electrons. The minimum atomic E-state index is -0.0802. The van der Waals surface area contributed by atoms with E-state index in [1.807, 2.05) is 5.94 Å². The fraction of sp³-hybridized carbons (Fsp3) is 0.778. The van der Waals surface area contributed by atoms with Gasteiger partial charge in [-0.3, -0.25) is 4.90 Å². The van der Waals surface area contributed by atoms with Crippen molar-refractivity contribution >= 4 is 5.94 Å². The van der Waals surface area contributed by atoms with Crippen molar-refractivity contribution in [3.8, 4) is 0 Å². The summed E-state index contributed by atoms with van der Waals surface area (Å²) >= 11 is 0. The lowest BCUT2D eigenvalue weighted by Gasteiger charge is -2.36. The van der Waals surface area contributed by atoms with E-state index < -0.39 is 0 Å². The summed E-state index contributed by atoms with van der Waals surface area (Å²) in [5.41, 5.74) is 0.596. The van der Waals surface area contributed by atoms with Crippen LogP contribution in [-0.4, -0.2) is 56.3 Å². The van der Waals surface area contributed by atoms with Crippen LogP contribution in [0.2, 0.25) is 0 Å². The van der Waals surface area contributed by atoms with Crippen LogP contribution in [0.5, 0.6) is 0 Å². The van der Waals surface area contributed by atoms with Crippen molar-refractivity contribution < 1.29 is 4.79 Å². The average molecular weight is 195 g/mol. The Balaban J connectivity index is 2.02. The second-order valence-electron chi connectivity index (χ2n) is 3.51. The zero-order valence-corrected chi connectivity index (χ0v) is 8.12. The molecule has 0 spiro atoms. The molecule has 14 heavy (non-hydrogen) atoms. The van der Waals surface area contributed by atoms with Gasteiger partial charge in [-0.1, -0.05) is 0 Å². The summed E-state index contributed by atoms with van der Waals surface area (Å²) in [5.74, 6) is 1.95. The molecule has 2 rings (SSSR count). The molecule has 2 saturated heterocycles. The van der Waals surface area contributed by atoms with Crippen molar-refractivity contribution in [1.29, 1.82) is 0 Å². The minimum absolute atomic E-state index is 0.0802. The number of piperazine rings is 2. The standard InChI is InChI=1S/C9H15N4O/c14-7-8-9(12-2-1-11-8)13-5-3-10-4-6-13/h9-11H,1-6H2. The fourth-order valence-electron chi connectivity index (χ4n) is 1.87. The summed E-state index contributed by atoms with van der Waals surface area (Å²) in [6, 6.07) is 0. The molecule has 0 saturated carbocycles. The Morgan fingerprint density at radius 2 is 2.14 bits per heavy atom. The predicted molar refractivity (Wildman–Crippen MR) is 52.4 cm³/mol. The van der Waals surface area contributed by atoms with E-state index in [1.165, 1.54) is 0 Å². The molecule has 1 unspecified atom stereocenters. The zero-order chi connectivity index (χ0) is 9.80. The quantitative estimate of drug-likeness (QED) is 0.482. The minimum Gasteiger partial charge on any atom is -0.376 e. The predicted octanol–water partition coefficient (Wildman–Crippen LogP) is -1.86. The zero-order valence-electron chi connectivity index (χ0n) is 8.12. The van der Waals surface area contributed by atoms with E-state index in [2.05, 4.69) is 20.9 Å². The molecule has 5 nitrogen and oxygen atoms in total. The van der Waals surface area contributed by atoms with Crippen molar-refractivity contribution in [2.75, 3.05) is 39.3 Å². The lowest BCUT2D eigenvalue weighted by Crippen LogP contribution is -2.57. The molecule has 0 aliphatic carbocycles. The van der Waals surface area contributed by atoms with Crippen LogP contribution < -0.4 is 16.0 Å². The van der Waals surface area contributed by atoms with Gasteiger partial charge in [-0.15, -0.1) is 0 Å². The maximum atomic E-state index is 10.7. The highest BCUT2D eigenvalue weighted by Crippen LogP contribution is 2.08. The van der Waals surface area contributed by atoms with Gasteiger partial charge in [0, 0.05) is 39.3 Å². The molecule has 2 fully saturated rings. The smallest absolute Gasteiger partial charge is 0.148 e. The summed E-state index contributed by atoms with van der Waals surface area (Å²) in [6.45, 7) is 5.37. The van der Waals surface area contributed by atoms with Crippen LogP contribution in [0, 0.1) is 0 Å². The lowest BCUT2D eigenvalue weighted by molar-refractivity contribution is 0.152. The van der Waals surface area contributed by atoms with E-state index in [1.54, 1.807) is 0 Å². The summed E-state index contributed by atoms with van der Waals surface area (Å²) < 4.78 is 0. The average Bonchev–Trinajstić information content (AvgIpc) is 2.30. The molecule has 0 aromatic rings. The second kappa shape index (κ2) is 4.57. The van der Waals surface area contributed by atoms with Gasteiger partial charge >= 0.3 is 0 Å². The highest BCUT2D eigenvalue weighted by atomic mass is 16.1. The van der Waals surface area contributed by atoms with E-state index in [4.69, 9.17) is 0 Å². The fourth-order valence-corrected chi connectivity index (χ4v) is 1.87. The topological polar surface area (TPSA) is 58.5 Å². The summed E-state index contributed by atoms with van der Waals surface area (Å²) in [7, 11) is 0. The molecule has 0 bridgehead atoms. The van der Waals surface area contributed by atoms with Crippen LogP contribution in [0.15, 0.2) is 5.70 Å². The monoisotopic (exact) mass is 195 g/mol. The van der Waals surface area contributed by atoms with Gasteiger partial charge in [0.05, 0.1) is 0 Å². The first-order chi connectivity index (χ1) is 6.92. The van der Waals surface area contributed by atoms with E-state index >= 15 is 0 Å². The third-order valence-corrected chi connectivity index (χ3v) is 2.59. The van der Waals surface area contributed by atoms with Crippen molar-refractivity contribution in [1.82, 2.24) is 20.9 Å². The first kappa shape index (κ1) is 9.68. The molecule has 0 aromatic carbocycles. The van der Waals surface area contributed by atoms with Gasteiger partial charge in [0.1, 0.15) is 17.8 Å². The third kappa shape index (κ3) is 1.96. The third-order valence-electron chi connectivity index (χ3n) is 2.59. The van der Waals surface area contributed by atoms with Gasteiger partial charge in [-0.05, 0) is 0 Å². The first-order valence-electron chi connectivity index (χ1n) is 5.02. The Morgan fingerprint density at radius 3 is 2.86 bits per heavy atom. The van der Waals surface area contributed by atoms with Crippen molar-refractivity contribution in [2.24, 2.45) is 0 Å². The van der Waals surface area contributed by atoms with E-state index in [0.717, 1.165) is 39.3 Å². The van der Waals surface area contributed by atoms with Gasteiger partial charge < -0.3 is 10.6 Å².